The van der Waals surface area contributed by atoms with Gasteiger partial charge >= 0.3 is 0 Å². The van der Waals surface area contributed by atoms with E-state index in [4.69, 9.17) is 0 Å². The summed E-state index contributed by atoms with van der Waals surface area (Å²) >= 11 is 0. The van der Waals surface area contributed by atoms with Crippen LogP contribution in [-0.4, -0.2) is 6.29 Å². The number of hydrogen-bond donors (Lipinski definition) is 0. The quantitative estimate of drug-likeness (QED) is 0.724. The molecule has 1 unspecified atom stereocenters. The van der Waals surface area contributed by atoms with Crippen LogP contribution in [0.5, 0.6) is 0 Å². The third-order valence-electron chi connectivity index (χ3n) is 3.62. The zero-order valence-electron chi connectivity index (χ0n) is 12.0. The highest BCUT2D eigenvalue weighted by atomic mass is 16.1. The zero-order valence-corrected chi connectivity index (χ0v) is 12.0. The standard InChI is InChI=1S/C19H20O/c1-16-10-12-18(13-11-16)19(2,15-20)14-6-9-17-7-4-3-5-8-17/h3-13,15H,14H2,1-2H3/b9-6+. The van der Waals surface area contributed by atoms with E-state index in [0.29, 0.717) is 6.42 Å². The van der Waals surface area contributed by atoms with Gasteiger partial charge < -0.3 is 4.79 Å². The van der Waals surface area contributed by atoms with Crippen molar-refractivity contribution < 1.29 is 4.79 Å². The zero-order chi connectivity index (χ0) is 14.4. The van der Waals surface area contributed by atoms with Gasteiger partial charge in [0.2, 0.25) is 0 Å². The van der Waals surface area contributed by atoms with Crippen LogP contribution in [0.4, 0.5) is 0 Å². The van der Waals surface area contributed by atoms with Gasteiger partial charge in [0.1, 0.15) is 6.29 Å². The summed E-state index contributed by atoms with van der Waals surface area (Å²) in [6, 6.07) is 18.3. The summed E-state index contributed by atoms with van der Waals surface area (Å²) in [5.41, 5.74) is 2.97. The highest BCUT2D eigenvalue weighted by molar-refractivity contribution is 5.69. The molecule has 2 rings (SSSR count). The molecule has 1 heteroatoms. The molecule has 1 atom stereocenters. The van der Waals surface area contributed by atoms with Crippen LogP contribution in [0.3, 0.4) is 0 Å². The van der Waals surface area contributed by atoms with Gasteiger partial charge in [-0.3, -0.25) is 0 Å². The largest absolute Gasteiger partial charge is 0.302 e. The molecule has 0 radical (unpaired) electrons. The van der Waals surface area contributed by atoms with E-state index in [2.05, 4.69) is 43.3 Å². The second kappa shape index (κ2) is 6.33. The number of rotatable bonds is 5. The minimum Gasteiger partial charge on any atom is -0.302 e. The fourth-order valence-electron chi connectivity index (χ4n) is 2.17. The molecule has 0 aliphatic rings. The van der Waals surface area contributed by atoms with E-state index in [1.165, 1.54) is 5.56 Å². The van der Waals surface area contributed by atoms with E-state index in [0.717, 1.165) is 17.4 Å². The van der Waals surface area contributed by atoms with E-state index in [-0.39, 0.29) is 0 Å². The highest BCUT2D eigenvalue weighted by Gasteiger charge is 2.24. The molecule has 0 N–H and O–H groups in total. The molecule has 0 aromatic heterocycles. The molecule has 0 bridgehead atoms. The third kappa shape index (κ3) is 3.45. The predicted octanol–water partition coefficient (Wildman–Crippen LogP) is 4.56. The van der Waals surface area contributed by atoms with Crippen LogP contribution in [0.15, 0.2) is 60.7 Å². The molecule has 0 amide bonds. The Hall–Kier alpha value is -2.15. The molecule has 0 heterocycles. The van der Waals surface area contributed by atoms with Crippen molar-refractivity contribution in [3.05, 3.63) is 77.4 Å². The normalized spacial score (nSPS) is 14.1. The molecule has 0 saturated carbocycles. The average Bonchev–Trinajstić information content (AvgIpc) is 2.49. The lowest BCUT2D eigenvalue weighted by Crippen LogP contribution is -2.22. The van der Waals surface area contributed by atoms with Gasteiger partial charge in [-0.1, -0.05) is 72.3 Å². The molecule has 0 aliphatic carbocycles. The maximum atomic E-state index is 11.5. The first kappa shape index (κ1) is 14.3. The molecule has 0 spiro atoms. The van der Waals surface area contributed by atoms with Gasteiger partial charge in [0, 0.05) is 0 Å². The van der Waals surface area contributed by atoms with E-state index in [1.54, 1.807) is 0 Å². The maximum Gasteiger partial charge on any atom is 0.130 e. The minimum atomic E-state index is -0.459. The average molecular weight is 264 g/mol. The third-order valence-corrected chi connectivity index (χ3v) is 3.62. The van der Waals surface area contributed by atoms with E-state index >= 15 is 0 Å². The molecule has 1 nitrogen and oxygen atoms in total. The molecule has 0 aliphatic heterocycles. The fraction of sp³-hybridized carbons (Fsp3) is 0.211. The van der Waals surface area contributed by atoms with Crippen LogP contribution in [0.1, 0.15) is 30.0 Å². The summed E-state index contributed by atoms with van der Waals surface area (Å²) in [5.74, 6) is 0. The van der Waals surface area contributed by atoms with Crippen LogP contribution in [-0.2, 0) is 10.2 Å². The summed E-state index contributed by atoms with van der Waals surface area (Å²) in [7, 11) is 0. The molecule has 2 aromatic carbocycles. The highest BCUT2D eigenvalue weighted by Crippen LogP contribution is 2.26. The number of allylic oxidation sites excluding steroid dienone is 1. The Bertz CT molecular complexity index is 581. The Labute approximate surface area is 121 Å². The van der Waals surface area contributed by atoms with Gasteiger partial charge in [0.25, 0.3) is 0 Å². The van der Waals surface area contributed by atoms with Gasteiger partial charge in [-0.2, -0.15) is 0 Å². The Morgan fingerprint density at radius 2 is 1.65 bits per heavy atom. The first-order chi connectivity index (χ1) is 9.64. The number of aryl methyl sites for hydroxylation is 1. The SMILES string of the molecule is Cc1ccc(C(C)(C=O)C/C=C/c2ccccc2)cc1. The van der Waals surface area contributed by atoms with Crippen molar-refractivity contribution in [3.63, 3.8) is 0 Å². The van der Waals surface area contributed by atoms with E-state index in [9.17, 15) is 4.79 Å². The number of benzene rings is 2. The number of carbonyl (C=O) groups excluding carboxylic acids is 1. The maximum absolute atomic E-state index is 11.5. The second-order valence-electron chi connectivity index (χ2n) is 5.42. The number of aldehydes is 1. The molecule has 2 aromatic rings. The Morgan fingerprint density at radius 3 is 2.25 bits per heavy atom. The van der Waals surface area contributed by atoms with Crippen LogP contribution < -0.4 is 0 Å². The van der Waals surface area contributed by atoms with Crippen molar-refractivity contribution in [3.8, 4) is 0 Å². The molecule has 0 saturated heterocycles. The van der Waals surface area contributed by atoms with Crippen molar-refractivity contribution in [2.45, 2.75) is 25.7 Å². The second-order valence-corrected chi connectivity index (χ2v) is 5.42. The van der Waals surface area contributed by atoms with Crippen LogP contribution >= 0.6 is 0 Å². The Morgan fingerprint density at radius 1 is 1.00 bits per heavy atom. The first-order valence-corrected chi connectivity index (χ1v) is 6.89. The van der Waals surface area contributed by atoms with Crippen molar-refractivity contribution in [2.75, 3.05) is 0 Å². The summed E-state index contributed by atoms with van der Waals surface area (Å²) in [5, 5.41) is 0. The minimum absolute atomic E-state index is 0.459. The molecule has 0 fully saturated rings. The Kier molecular flexibility index (Phi) is 4.52. The fourth-order valence-corrected chi connectivity index (χ4v) is 2.17. The Balaban J connectivity index is 2.14. The lowest BCUT2D eigenvalue weighted by atomic mass is 9.80. The van der Waals surface area contributed by atoms with Gasteiger partial charge in [-0.15, -0.1) is 0 Å². The predicted molar refractivity (Wildman–Crippen MR) is 84.7 cm³/mol. The number of carbonyl (C=O) groups is 1. The summed E-state index contributed by atoms with van der Waals surface area (Å²) in [4.78, 5) is 11.5. The van der Waals surface area contributed by atoms with Crippen LogP contribution in [0.25, 0.3) is 6.08 Å². The first-order valence-electron chi connectivity index (χ1n) is 6.89. The smallest absolute Gasteiger partial charge is 0.130 e. The van der Waals surface area contributed by atoms with Crippen molar-refractivity contribution in [1.29, 1.82) is 0 Å². The summed E-state index contributed by atoms with van der Waals surface area (Å²) in [6.45, 7) is 4.04. The molecule has 20 heavy (non-hydrogen) atoms. The van der Waals surface area contributed by atoms with Crippen LogP contribution in [0.2, 0.25) is 0 Å². The number of hydrogen-bond acceptors (Lipinski definition) is 1. The molecular weight excluding hydrogens is 244 g/mol. The summed E-state index contributed by atoms with van der Waals surface area (Å²) in [6.07, 6.45) is 5.89. The molecule has 102 valence electrons. The van der Waals surface area contributed by atoms with Gasteiger partial charge in [-0.05, 0) is 31.4 Å². The lowest BCUT2D eigenvalue weighted by molar-refractivity contribution is -0.112. The van der Waals surface area contributed by atoms with E-state index < -0.39 is 5.41 Å². The van der Waals surface area contributed by atoms with Gasteiger partial charge in [-0.25, -0.2) is 0 Å². The monoisotopic (exact) mass is 264 g/mol. The molecular formula is C19H20O. The van der Waals surface area contributed by atoms with Gasteiger partial charge in [0.15, 0.2) is 0 Å². The van der Waals surface area contributed by atoms with Crippen molar-refractivity contribution >= 4 is 12.4 Å². The van der Waals surface area contributed by atoms with E-state index in [1.807, 2.05) is 37.3 Å². The topological polar surface area (TPSA) is 17.1 Å². The van der Waals surface area contributed by atoms with Crippen molar-refractivity contribution in [2.24, 2.45) is 0 Å². The van der Waals surface area contributed by atoms with Gasteiger partial charge in [0.05, 0.1) is 5.41 Å². The summed E-state index contributed by atoms with van der Waals surface area (Å²) < 4.78 is 0. The lowest BCUT2D eigenvalue weighted by Gasteiger charge is -2.22. The van der Waals surface area contributed by atoms with Crippen LogP contribution in [0, 0.1) is 6.92 Å². The van der Waals surface area contributed by atoms with Crippen molar-refractivity contribution in [1.82, 2.24) is 0 Å².